The molecule has 0 amide bonds. The average molecular weight is 265 g/mol. The summed E-state index contributed by atoms with van der Waals surface area (Å²) in [5.74, 6) is -1.85. The van der Waals surface area contributed by atoms with Crippen molar-refractivity contribution < 1.29 is 13.6 Å². The van der Waals surface area contributed by atoms with Crippen LogP contribution in [0.4, 0.5) is 8.78 Å². The van der Waals surface area contributed by atoms with E-state index in [1.54, 1.807) is 12.1 Å². The van der Waals surface area contributed by atoms with E-state index in [0.29, 0.717) is 15.5 Å². The monoisotopic (exact) mass is 265 g/mol. The summed E-state index contributed by atoms with van der Waals surface area (Å²) in [6.07, 6.45) is 1.51. The number of halogens is 2. The molecule has 92 valence electrons. The predicted octanol–water partition coefficient (Wildman–Crippen LogP) is 3.71. The van der Waals surface area contributed by atoms with Crippen molar-refractivity contribution in [1.82, 2.24) is 4.98 Å². The lowest BCUT2D eigenvalue weighted by molar-refractivity contribution is 0.101. The van der Waals surface area contributed by atoms with Crippen molar-refractivity contribution in [3.05, 3.63) is 53.7 Å². The number of hydrogen-bond donors (Lipinski definition) is 0. The second-order valence-electron chi connectivity index (χ2n) is 3.62. The quantitative estimate of drug-likeness (QED) is 0.792. The van der Waals surface area contributed by atoms with Gasteiger partial charge in [0.2, 0.25) is 0 Å². The minimum absolute atomic E-state index is 0.0652. The summed E-state index contributed by atoms with van der Waals surface area (Å²) in [5.41, 5.74) is 0.537. The van der Waals surface area contributed by atoms with Crippen LogP contribution >= 0.6 is 11.8 Å². The van der Waals surface area contributed by atoms with E-state index in [4.69, 9.17) is 0 Å². The van der Waals surface area contributed by atoms with Gasteiger partial charge < -0.3 is 0 Å². The van der Waals surface area contributed by atoms with Crippen LogP contribution in [0.1, 0.15) is 17.3 Å². The van der Waals surface area contributed by atoms with Gasteiger partial charge in [0.05, 0.1) is 0 Å². The van der Waals surface area contributed by atoms with E-state index in [2.05, 4.69) is 4.98 Å². The number of ketones is 1. The number of carbonyl (C=O) groups is 1. The van der Waals surface area contributed by atoms with E-state index >= 15 is 0 Å². The van der Waals surface area contributed by atoms with Crippen molar-refractivity contribution in [3.8, 4) is 0 Å². The van der Waals surface area contributed by atoms with Gasteiger partial charge in [-0.15, -0.1) is 0 Å². The molecule has 0 aliphatic carbocycles. The SMILES string of the molecule is CC(=O)c1ccnc(Sc2ccc(F)c(F)c2)c1. The molecule has 0 unspecified atom stereocenters. The van der Waals surface area contributed by atoms with Gasteiger partial charge in [0, 0.05) is 16.7 Å². The van der Waals surface area contributed by atoms with E-state index in [1.165, 1.54) is 30.9 Å². The summed E-state index contributed by atoms with van der Waals surface area (Å²) < 4.78 is 25.8. The maximum absolute atomic E-state index is 13.0. The number of nitrogens with zero attached hydrogens (tertiary/aromatic N) is 1. The van der Waals surface area contributed by atoms with Gasteiger partial charge in [0.25, 0.3) is 0 Å². The lowest BCUT2D eigenvalue weighted by Gasteiger charge is -2.03. The molecule has 2 rings (SSSR count). The number of pyridine rings is 1. The average Bonchev–Trinajstić information content (AvgIpc) is 2.34. The molecule has 2 aromatic rings. The molecule has 0 atom stereocenters. The van der Waals surface area contributed by atoms with Gasteiger partial charge in [-0.1, -0.05) is 11.8 Å². The first-order valence-electron chi connectivity index (χ1n) is 5.16. The topological polar surface area (TPSA) is 30.0 Å². The molecule has 0 radical (unpaired) electrons. The first-order chi connectivity index (χ1) is 8.56. The molecule has 0 fully saturated rings. The van der Waals surface area contributed by atoms with Gasteiger partial charge in [0.15, 0.2) is 17.4 Å². The molecule has 2 nitrogen and oxygen atoms in total. The van der Waals surface area contributed by atoms with Crippen LogP contribution in [0.5, 0.6) is 0 Å². The van der Waals surface area contributed by atoms with Crippen molar-refractivity contribution in [2.24, 2.45) is 0 Å². The molecule has 0 saturated carbocycles. The Morgan fingerprint density at radius 1 is 1.17 bits per heavy atom. The maximum atomic E-state index is 13.0. The number of aromatic nitrogens is 1. The number of carbonyl (C=O) groups excluding carboxylic acids is 1. The fourth-order valence-corrected chi connectivity index (χ4v) is 2.18. The molecule has 18 heavy (non-hydrogen) atoms. The highest BCUT2D eigenvalue weighted by Gasteiger charge is 2.06. The Kier molecular flexibility index (Phi) is 3.72. The number of benzene rings is 1. The Labute approximate surface area is 107 Å². The third-order valence-electron chi connectivity index (χ3n) is 2.25. The lowest BCUT2D eigenvalue weighted by atomic mass is 10.2. The molecule has 0 saturated heterocycles. The van der Waals surface area contributed by atoms with Crippen LogP contribution in [0.2, 0.25) is 0 Å². The van der Waals surface area contributed by atoms with Crippen LogP contribution in [0.15, 0.2) is 46.5 Å². The van der Waals surface area contributed by atoms with Gasteiger partial charge in [-0.25, -0.2) is 13.8 Å². The minimum atomic E-state index is -0.900. The highest BCUT2D eigenvalue weighted by atomic mass is 32.2. The molecular formula is C13H9F2NOS. The van der Waals surface area contributed by atoms with Crippen LogP contribution in [-0.4, -0.2) is 10.8 Å². The Balaban J connectivity index is 2.25. The summed E-state index contributed by atoms with van der Waals surface area (Å²) in [5, 5.41) is 0.564. The molecule has 0 aliphatic rings. The van der Waals surface area contributed by atoms with Crippen molar-refractivity contribution in [3.63, 3.8) is 0 Å². The van der Waals surface area contributed by atoms with E-state index in [0.717, 1.165) is 12.1 Å². The summed E-state index contributed by atoms with van der Waals surface area (Å²) in [6.45, 7) is 1.46. The number of hydrogen-bond acceptors (Lipinski definition) is 3. The normalized spacial score (nSPS) is 10.4. The third kappa shape index (κ3) is 2.92. The zero-order valence-electron chi connectivity index (χ0n) is 9.48. The number of Topliss-reactive ketones (excluding diaryl/α,β-unsaturated/α-hetero) is 1. The van der Waals surface area contributed by atoms with Gasteiger partial charge in [-0.3, -0.25) is 4.79 Å². The zero-order chi connectivity index (χ0) is 13.1. The van der Waals surface area contributed by atoms with Crippen molar-refractivity contribution in [2.75, 3.05) is 0 Å². The first-order valence-corrected chi connectivity index (χ1v) is 5.98. The van der Waals surface area contributed by atoms with Crippen molar-refractivity contribution in [2.45, 2.75) is 16.8 Å². The second-order valence-corrected chi connectivity index (χ2v) is 4.71. The molecule has 5 heteroatoms. The molecule has 0 N–H and O–H groups in total. The predicted molar refractivity (Wildman–Crippen MR) is 64.7 cm³/mol. The van der Waals surface area contributed by atoms with E-state index in [1.807, 2.05) is 0 Å². The second kappa shape index (κ2) is 5.27. The molecule has 1 aromatic carbocycles. The summed E-state index contributed by atoms with van der Waals surface area (Å²) in [6, 6.07) is 6.85. The summed E-state index contributed by atoms with van der Waals surface area (Å²) in [7, 11) is 0. The first kappa shape index (κ1) is 12.7. The molecule has 1 heterocycles. The Morgan fingerprint density at radius 2 is 1.94 bits per heavy atom. The summed E-state index contributed by atoms with van der Waals surface area (Å²) in [4.78, 5) is 15.8. The largest absolute Gasteiger partial charge is 0.295 e. The smallest absolute Gasteiger partial charge is 0.159 e. The minimum Gasteiger partial charge on any atom is -0.295 e. The fraction of sp³-hybridized carbons (Fsp3) is 0.0769. The van der Waals surface area contributed by atoms with E-state index in [9.17, 15) is 13.6 Å². The van der Waals surface area contributed by atoms with Gasteiger partial charge in [-0.05, 0) is 37.3 Å². The molecule has 0 spiro atoms. The van der Waals surface area contributed by atoms with Crippen molar-refractivity contribution >= 4 is 17.5 Å². The van der Waals surface area contributed by atoms with Crippen LogP contribution in [0, 0.1) is 11.6 Å². The van der Waals surface area contributed by atoms with Crippen LogP contribution in [0.3, 0.4) is 0 Å². The van der Waals surface area contributed by atoms with E-state index in [-0.39, 0.29) is 5.78 Å². The van der Waals surface area contributed by atoms with Crippen LogP contribution in [-0.2, 0) is 0 Å². The number of rotatable bonds is 3. The Morgan fingerprint density at radius 3 is 2.61 bits per heavy atom. The summed E-state index contributed by atoms with van der Waals surface area (Å²) >= 11 is 1.17. The molecule has 1 aromatic heterocycles. The van der Waals surface area contributed by atoms with Gasteiger partial charge in [0.1, 0.15) is 5.03 Å². The Hall–Kier alpha value is -1.75. The molecule has 0 bridgehead atoms. The maximum Gasteiger partial charge on any atom is 0.159 e. The molecular weight excluding hydrogens is 256 g/mol. The highest BCUT2D eigenvalue weighted by Crippen LogP contribution is 2.27. The fourth-order valence-electron chi connectivity index (χ4n) is 1.35. The standard InChI is InChI=1S/C13H9F2NOS/c1-8(17)9-4-5-16-13(6-9)18-10-2-3-11(14)12(15)7-10/h2-7H,1H3. The van der Waals surface area contributed by atoms with E-state index < -0.39 is 11.6 Å². The van der Waals surface area contributed by atoms with Crippen LogP contribution < -0.4 is 0 Å². The van der Waals surface area contributed by atoms with Crippen LogP contribution in [0.25, 0.3) is 0 Å². The van der Waals surface area contributed by atoms with Gasteiger partial charge >= 0.3 is 0 Å². The highest BCUT2D eigenvalue weighted by molar-refractivity contribution is 7.99. The zero-order valence-corrected chi connectivity index (χ0v) is 10.3. The van der Waals surface area contributed by atoms with Gasteiger partial charge in [-0.2, -0.15) is 0 Å². The lowest BCUT2D eigenvalue weighted by Crippen LogP contribution is -1.93. The molecule has 0 aliphatic heterocycles. The third-order valence-corrected chi connectivity index (χ3v) is 3.18. The van der Waals surface area contributed by atoms with Crippen molar-refractivity contribution in [1.29, 1.82) is 0 Å². The Bertz CT molecular complexity index is 601.